The molecule has 12 heavy (non-hydrogen) atoms. The van der Waals surface area contributed by atoms with Crippen molar-refractivity contribution < 1.29 is 25.2 Å². The Balaban J connectivity index is 2.63. The van der Waals surface area contributed by atoms with E-state index < -0.39 is 30.7 Å². The summed E-state index contributed by atoms with van der Waals surface area (Å²) >= 11 is 3.84. The summed E-state index contributed by atoms with van der Waals surface area (Å²) in [6.45, 7) is 0. The lowest BCUT2D eigenvalue weighted by Crippen LogP contribution is -2.57. The van der Waals surface area contributed by atoms with Crippen molar-refractivity contribution >= 4 is 12.6 Å². The van der Waals surface area contributed by atoms with Gasteiger partial charge in [0, 0.05) is 5.75 Å². The SMILES string of the molecule is OC1C(O)[C@H](O)OC(CS)[C@H]1O. The molecule has 0 aliphatic carbocycles. The van der Waals surface area contributed by atoms with Gasteiger partial charge in [-0.25, -0.2) is 0 Å². The number of aliphatic hydroxyl groups is 4. The molecule has 1 aliphatic rings. The summed E-state index contributed by atoms with van der Waals surface area (Å²) in [4.78, 5) is 0. The number of aliphatic hydroxyl groups excluding tert-OH is 4. The van der Waals surface area contributed by atoms with Gasteiger partial charge in [-0.1, -0.05) is 0 Å². The Labute approximate surface area is 75.0 Å². The molecule has 0 amide bonds. The minimum atomic E-state index is -1.46. The number of thiol groups is 1. The zero-order chi connectivity index (χ0) is 9.30. The summed E-state index contributed by atoms with van der Waals surface area (Å²) in [6, 6.07) is 0. The molecular formula is C6H12O5S. The molecule has 0 aromatic heterocycles. The molecule has 72 valence electrons. The molecule has 4 N–H and O–H groups in total. The van der Waals surface area contributed by atoms with E-state index in [1.54, 1.807) is 0 Å². The van der Waals surface area contributed by atoms with Gasteiger partial charge in [-0.3, -0.25) is 0 Å². The first kappa shape index (κ1) is 10.2. The molecule has 5 atom stereocenters. The molecule has 0 aromatic rings. The van der Waals surface area contributed by atoms with E-state index in [0.717, 1.165) is 0 Å². The third-order valence-corrected chi connectivity index (χ3v) is 2.23. The topological polar surface area (TPSA) is 90.2 Å². The molecule has 6 heteroatoms. The lowest BCUT2D eigenvalue weighted by atomic mass is 10.0. The van der Waals surface area contributed by atoms with Crippen LogP contribution in [0.15, 0.2) is 0 Å². The first-order chi connectivity index (χ1) is 5.57. The third kappa shape index (κ3) is 1.73. The van der Waals surface area contributed by atoms with E-state index >= 15 is 0 Å². The Hall–Kier alpha value is 0.150. The minimum Gasteiger partial charge on any atom is -0.388 e. The summed E-state index contributed by atoms with van der Waals surface area (Å²) in [6.07, 6.45) is -6.26. The largest absolute Gasteiger partial charge is 0.388 e. The van der Waals surface area contributed by atoms with Crippen LogP contribution in [0.2, 0.25) is 0 Å². The Bertz CT molecular complexity index is 150. The molecule has 1 heterocycles. The molecule has 5 nitrogen and oxygen atoms in total. The molecule has 0 saturated carbocycles. The fraction of sp³-hybridized carbons (Fsp3) is 1.00. The van der Waals surface area contributed by atoms with Gasteiger partial charge in [-0.2, -0.15) is 12.6 Å². The predicted octanol–water partition coefficient (Wildman–Crippen LogP) is -2.28. The lowest BCUT2D eigenvalue weighted by molar-refractivity contribution is -0.276. The zero-order valence-corrected chi connectivity index (χ0v) is 7.13. The highest BCUT2D eigenvalue weighted by Gasteiger charge is 2.42. The fourth-order valence-corrected chi connectivity index (χ4v) is 1.38. The molecule has 1 fully saturated rings. The monoisotopic (exact) mass is 196 g/mol. The van der Waals surface area contributed by atoms with E-state index in [1.807, 2.05) is 0 Å². The van der Waals surface area contributed by atoms with Crippen LogP contribution in [0, 0.1) is 0 Å². The van der Waals surface area contributed by atoms with Gasteiger partial charge in [-0.05, 0) is 0 Å². The summed E-state index contributed by atoms with van der Waals surface area (Å²) in [5.41, 5.74) is 0. The smallest absolute Gasteiger partial charge is 0.183 e. The molecule has 0 bridgehead atoms. The Kier molecular flexibility index (Phi) is 3.33. The van der Waals surface area contributed by atoms with E-state index in [2.05, 4.69) is 12.6 Å². The van der Waals surface area contributed by atoms with E-state index in [4.69, 9.17) is 20.1 Å². The van der Waals surface area contributed by atoms with Crippen molar-refractivity contribution in [1.29, 1.82) is 0 Å². The Morgan fingerprint density at radius 3 is 2.08 bits per heavy atom. The number of rotatable bonds is 1. The highest BCUT2D eigenvalue weighted by Crippen LogP contribution is 2.20. The van der Waals surface area contributed by atoms with Crippen molar-refractivity contribution in [2.24, 2.45) is 0 Å². The van der Waals surface area contributed by atoms with Crippen LogP contribution >= 0.6 is 12.6 Å². The maximum Gasteiger partial charge on any atom is 0.183 e. The average Bonchev–Trinajstić information content (AvgIpc) is 2.08. The molecular weight excluding hydrogens is 184 g/mol. The maximum absolute atomic E-state index is 9.23. The fourth-order valence-electron chi connectivity index (χ4n) is 1.08. The Morgan fingerprint density at radius 2 is 1.58 bits per heavy atom. The van der Waals surface area contributed by atoms with Gasteiger partial charge < -0.3 is 25.2 Å². The summed E-state index contributed by atoms with van der Waals surface area (Å²) in [5.74, 6) is 0.169. The average molecular weight is 196 g/mol. The van der Waals surface area contributed by atoms with Gasteiger partial charge in [0.15, 0.2) is 6.29 Å². The van der Waals surface area contributed by atoms with Crippen LogP contribution in [0.5, 0.6) is 0 Å². The first-order valence-corrected chi connectivity index (χ1v) is 4.19. The molecule has 1 aliphatic heterocycles. The van der Waals surface area contributed by atoms with Crippen LogP contribution in [0.3, 0.4) is 0 Å². The van der Waals surface area contributed by atoms with Gasteiger partial charge in [0.1, 0.15) is 18.3 Å². The number of hydrogen-bond acceptors (Lipinski definition) is 6. The number of ether oxygens (including phenoxy) is 1. The second-order valence-electron chi connectivity index (χ2n) is 2.72. The van der Waals surface area contributed by atoms with Crippen LogP contribution in [0.1, 0.15) is 0 Å². The van der Waals surface area contributed by atoms with E-state index in [-0.39, 0.29) is 5.75 Å². The van der Waals surface area contributed by atoms with E-state index in [0.29, 0.717) is 0 Å². The van der Waals surface area contributed by atoms with Gasteiger partial charge in [0.25, 0.3) is 0 Å². The third-order valence-electron chi connectivity index (χ3n) is 1.87. The summed E-state index contributed by atoms with van der Waals surface area (Å²) < 4.78 is 4.75. The summed E-state index contributed by atoms with van der Waals surface area (Å²) in [5, 5.41) is 36.4. The Morgan fingerprint density at radius 1 is 1.00 bits per heavy atom. The highest BCUT2D eigenvalue weighted by molar-refractivity contribution is 7.80. The normalized spacial score (nSPS) is 49.2. The van der Waals surface area contributed by atoms with Crippen molar-refractivity contribution in [3.05, 3.63) is 0 Å². The van der Waals surface area contributed by atoms with Crippen LogP contribution in [-0.4, -0.2) is 56.9 Å². The van der Waals surface area contributed by atoms with Crippen LogP contribution in [0.4, 0.5) is 0 Å². The van der Waals surface area contributed by atoms with Gasteiger partial charge in [-0.15, -0.1) is 0 Å². The van der Waals surface area contributed by atoms with Crippen molar-refractivity contribution in [2.75, 3.05) is 5.75 Å². The maximum atomic E-state index is 9.23. The standard InChI is InChI=1S/C6H12O5S/c7-3-2(1-12)11-6(10)5(9)4(3)8/h2-10,12H,1H2/t2?,3-,4?,5?,6-/m1/s1. The second kappa shape index (κ2) is 3.91. The van der Waals surface area contributed by atoms with Crippen molar-refractivity contribution in [1.82, 2.24) is 0 Å². The molecule has 0 radical (unpaired) electrons. The predicted molar refractivity (Wildman–Crippen MR) is 42.8 cm³/mol. The second-order valence-corrected chi connectivity index (χ2v) is 3.08. The molecule has 0 aromatic carbocycles. The van der Waals surface area contributed by atoms with Crippen LogP contribution in [-0.2, 0) is 4.74 Å². The first-order valence-electron chi connectivity index (χ1n) is 3.56. The lowest BCUT2D eigenvalue weighted by Gasteiger charge is -2.37. The van der Waals surface area contributed by atoms with Gasteiger partial charge >= 0.3 is 0 Å². The van der Waals surface area contributed by atoms with Crippen molar-refractivity contribution in [3.8, 4) is 0 Å². The molecule has 0 spiro atoms. The molecule has 1 rings (SSSR count). The van der Waals surface area contributed by atoms with Gasteiger partial charge in [0.2, 0.25) is 0 Å². The van der Waals surface area contributed by atoms with Gasteiger partial charge in [0.05, 0.1) is 6.10 Å². The van der Waals surface area contributed by atoms with Crippen LogP contribution in [0.25, 0.3) is 0 Å². The molecule has 3 unspecified atom stereocenters. The van der Waals surface area contributed by atoms with Crippen molar-refractivity contribution in [3.63, 3.8) is 0 Å². The minimum absolute atomic E-state index is 0.169. The van der Waals surface area contributed by atoms with Crippen LogP contribution < -0.4 is 0 Å². The number of hydrogen-bond donors (Lipinski definition) is 5. The quantitative estimate of drug-likeness (QED) is 0.305. The zero-order valence-electron chi connectivity index (χ0n) is 6.24. The van der Waals surface area contributed by atoms with E-state index in [9.17, 15) is 5.11 Å². The van der Waals surface area contributed by atoms with E-state index in [1.165, 1.54) is 0 Å². The summed E-state index contributed by atoms with van der Waals surface area (Å²) in [7, 11) is 0. The highest BCUT2D eigenvalue weighted by atomic mass is 32.1. The molecule has 1 saturated heterocycles. The van der Waals surface area contributed by atoms with Crippen molar-refractivity contribution in [2.45, 2.75) is 30.7 Å².